The third-order valence-corrected chi connectivity index (χ3v) is 3.06. The Morgan fingerprint density at radius 1 is 1.44 bits per heavy atom. The van der Waals surface area contributed by atoms with E-state index in [1.54, 1.807) is 6.07 Å². The largest absolute Gasteiger partial charge is 0.463 e. The average molecular weight is 253 g/mol. The second kappa shape index (κ2) is 7.21. The molecule has 0 amide bonds. The third kappa shape index (κ3) is 3.60. The van der Waals surface area contributed by atoms with Crippen LogP contribution in [0.1, 0.15) is 56.0 Å². The highest BCUT2D eigenvalue weighted by Gasteiger charge is 2.22. The van der Waals surface area contributed by atoms with Crippen LogP contribution in [0.15, 0.2) is 16.5 Å². The summed E-state index contributed by atoms with van der Waals surface area (Å²) in [5, 5.41) is 3.41. The first-order valence-corrected chi connectivity index (χ1v) is 6.55. The molecule has 0 aliphatic rings. The standard InChI is InChI=1S/C14H23NO3/c1-5-7-10(3)13(15-6-2)11-8-9-12(18-11)14(16)17-4/h8-10,13,15H,5-7H2,1-4H3. The lowest BCUT2D eigenvalue weighted by atomic mass is 9.95. The van der Waals surface area contributed by atoms with E-state index in [1.165, 1.54) is 7.11 Å². The van der Waals surface area contributed by atoms with Crippen LogP contribution >= 0.6 is 0 Å². The lowest BCUT2D eigenvalue weighted by Crippen LogP contribution is -2.26. The van der Waals surface area contributed by atoms with Crippen molar-refractivity contribution >= 4 is 5.97 Å². The number of ether oxygens (including phenoxy) is 1. The summed E-state index contributed by atoms with van der Waals surface area (Å²) in [6, 6.07) is 3.67. The Balaban J connectivity index is 2.85. The molecule has 4 heteroatoms. The minimum absolute atomic E-state index is 0.147. The van der Waals surface area contributed by atoms with Gasteiger partial charge in [0, 0.05) is 0 Å². The van der Waals surface area contributed by atoms with E-state index in [4.69, 9.17) is 4.42 Å². The molecule has 0 saturated heterocycles. The van der Waals surface area contributed by atoms with Crippen molar-refractivity contribution in [2.45, 2.75) is 39.7 Å². The van der Waals surface area contributed by atoms with Gasteiger partial charge in [0.1, 0.15) is 5.76 Å². The van der Waals surface area contributed by atoms with Gasteiger partial charge in [0.25, 0.3) is 0 Å². The second-order valence-electron chi connectivity index (χ2n) is 4.49. The maximum Gasteiger partial charge on any atom is 0.373 e. The van der Waals surface area contributed by atoms with Crippen LogP contribution in [0, 0.1) is 5.92 Å². The first-order chi connectivity index (χ1) is 8.63. The van der Waals surface area contributed by atoms with Crippen molar-refractivity contribution in [2.75, 3.05) is 13.7 Å². The summed E-state index contributed by atoms with van der Waals surface area (Å²) in [5.41, 5.74) is 0. The van der Waals surface area contributed by atoms with Crippen LogP contribution in [0.25, 0.3) is 0 Å². The lowest BCUT2D eigenvalue weighted by molar-refractivity contribution is 0.0561. The van der Waals surface area contributed by atoms with Gasteiger partial charge in [0.05, 0.1) is 13.2 Å². The van der Waals surface area contributed by atoms with E-state index >= 15 is 0 Å². The summed E-state index contributed by atoms with van der Waals surface area (Å²) >= 11 is 0. The van der Waals surface area contributed by atoms with Gasteiger partial charge in [-0.25, -0.2) is 4.79 Å². The monoisotopic (exact) mass is 253 g/mol. The quantitative estimate of drug-likeness (QED) is 0.758. The van der Waals surface area contributed by atoms with Crippen molar-refractivity contribution in [1.82, 2.24) is 5.32 Å². The van der Waals surface area contributed by atoms with Crippen LogP contribution in [0.3, 0.4) is 0 Å². The lowest BCUT2D eigenvalue weighted by Gasteiger charge is -2.22. The van der Waals surface area contributed by atoms with Gasteiger partial charge in [-0.2, -0.15) is 0 Å². The SMILES string of the molecule is CCCC(C)C(NCC)c1ccc(C(=O)OC)o1. The topological polar surface area (TPSA) is 51.5 Å². The highest BCUT2D eigenvalue weighted by atomic mass is 16.5. The molecule has 0 aliphatic heterocycles. The van der Waals surface area contributed by atoms with Crippen molar-refractivity contribution in [2.24, 2.45) is 5.92 Å². The summed E-state index contributed by atoms with van der Waals surface area (Å²) in [4.78, 5) is 11.4. The van der Waals surface area contributed by atoms with E-state index in [9.17, 15) is 4.79 Å². The number of hydrogen-bond donors (Lipinski definition) is 1. The smallest absolute Gasteiger partial charge is 0.373 e. The molecule has 0 aromatic carbocycles. The minimum atomic E-state index is -0.431. The molecule has 1 aromatic heterocycles. The molecule has 0 bridgehead atoms. The number of rotatable bonds is 7. The zero-order valence-electron chi connectivity index (χ0n) is 11.7. The normalized spacial score (nSPS) is 14.2. The number of methoxy groups -OCH3 is 1. The molecule has 102 valence electrons. The number of carbonyl (C=O) groups excluding carboxylic acids is 1. The highest BCUT2D eigenvalue weighted by molar-refractivity contribution is 5.86. The van der Waals surface area contributed by atoms with E-state index in [2.05, 4.69) is 30.8 Å². The Hall–Kier alpha value is -1.29. The van der Waals surface area contributed by atoms with Gasteiger partial charge in [-0.3, -0.25) is 0 Å². The predicted octanol–water partition coefficient (Wildman–Crippen LogP) is 3.15. The summed E-state index contributed by atoms with van der Waals surface area (Å²) in [7, 11) is 1.35. The molecule has 2 unspecified atom stereocenters. The average Bonchev–Trinajstić information content (AvgIpc) is 2.84. The van der Waals surface area contributed by atoms with Gasteiger partial charge in [0.2, 0.25) is 5.76 Å². The zero-order valence-corrected chi connectivity index (χ0v) is 11.7. The molecule has 0 saturated carbocycles. The number of esters is 1. The van der Waals surface area contributed by atoms with E-state index in [-0.39, 0.29) is 11.8 Å². The Bertz CT molecular complexity index is 373. The van der Waals surface area contributed by atoms with Crippen LogP contribution < -0.4 is 5.32 Å². The summed E-state index contributed by atoms with van der Waals surface area (Å²) in [6.07, 6.45) is 2.25. The van der Waals surface area contributed by atoms with Gasteiger partial charge >= 0.3 is 5.97 Å². The van der Waals surface area contributed by atoms with Crippen molar-refractivity contribution < 1.29 is 13.9 Å². The number of carbonyl (C=O) groups is 1. The number of furan rings is 1. The first-order valence-electron chi connectivity index (χ1n) is 6.55. The molecule has 1 N–H and O–H groups in total. The van der Waals surface area contributed by atoms with E-state index in [0.29, 0.717) is 5.92 Å². The summed E-state index contributed by atoms with van der Waals surface area (Å²) in [5.74, 6) is 1.10. The fourth-order valence-electron chi connectivity index (χ4n) is 2.15. The molecule has 1 rings (SSSR count). The van der Waals surface area contributed by atoms with Gasteiger partial charge < -0.3 is 14.5 Å². The van der Waals surface area contributed by atoms with Crippen LogP contribution in [-0.2, 0) is 4.74 Å². The second-order valence-corrected chi connectivity index (χ2v) is 4.49. The Labute approximate surface area is 109 Å². The van der Waals surface area contributed by atoms with Crippen molar-refractivity contribution in [3.8, 4) is 0 Å². The summed E-state index contributed by atoms with van der Waals surface area (Å²) < 4.78 is 10.2. The molecule has 2 atom stereocenters. The Morgan fingerprint density at radius 3 is 2.72 bits per heavy atom. The van der Waals surface area contributed by atoms with Crippen LogP contribution in [0.4, 0.5) is 0 Å². The van der Waals surface area contributed by atoms with E-state index in [0.717, 1.165) is 25.1 Å². The van der Waals surface area contributed by atoms with Crippen LogP contribution in [0.5, 0.6) is 0 Å². The molecule has 1 aromatic rings. The first kappa shape index (κ1) is 14.8. The third-order valence-electron chi connectivity index (χ3n) is 3.06. The molecule has 18 heavy (non-hydrogen) atoms. The molecule has 1 heterocycles. The van der Waals surface area contributed by atoms with Crippen LogP contribution in [0.2, 0.25) is 0 Å². The van der Waals surface area contributed by atoms with Crippen molar-refractivity contribution in [3.63, 3.8) is 0 Å². The van der Waals surface area contributed by atoms with Gasteiger partial charge in [-0.15, -0.1) is 0 Å². The molecule has 4 nitrogen and oxygen atoms in total. The maximum atomic E-state index is 11.4. The molecule has 0 radical (unpaired) electrons. The van der Waals surface area contributed by atoms with Gasteiger partial charge in [-0.1, -0.05) is 27.2 Å². The van der Waals surface area contributed by atoms with E-state index < -0.39 is 5.97 Å². The van der Waals surface area contributed by atoms with E-state index in [1.807, 2.05) is 6.07 Å². The van der Waals surface area contributed by atoms with Gasteiger partial charge in [0.15, 0.2) is 0 Å². The highest BCUT2D eigenvalue weighted by Crippen LogP contribution is 2.27. The van der Waals surface area contributed by atoms with Crippen molar-refractivity contribution in [3.05, 3.63) is 23.7 Å². The Morgan fingerprint density at radius 2 is 2.17 bits per heavy atom. The number of nitrogens with one attached hydrogen (secondary N) is 1. The van der Waals surface area contributed by atoms with Gasteiger partial charge in [-0.05, 0) is 31.0 Å². The molecule has 0 aliphatic carbocycles. The minimum Gasteiger partial charge on any atom is -0.463 e. The number of hydrogen-bond acceptors (Lipinski definition) is 4. The fraction of sp³-hybridized carbons (Fsp3) is 0.643. The van der Waals surface area contributed by atoms with Crippen LogP contribution in [-0.4, -0.2) is 19.6 Å². The Kier molecular flexibility index (Phi) is 5.92. The molecule has 0 spiro atoms. The molecular formula is C14H23NO3. The zero-order chi connectivity index (χ0) is 13.5. The predicted molar refractivity (Wildman–Crippen MR) is 70.5 cm³/mol. The summed E-state index contributed by atoms with van der Waals surface area (Å²) in [6.45, 7) is 7.29. The fourth-order valence-corrected chi connectivity index (χ4v) is 2.15. The maximum absolute atomic E-state index is 11.4. The molecular weight excluding hydrogens is 230 g/mol. The van der Waals surface area contributed by atoms with Crippen molar-refractivity contribution in [1.29, 1.82) is 0 Å². The molecule has 0 fully saturated rings.